The maximum Gasteiger partial charge on any atom is 0.296 e. The molecule has 1 unspecified atom stereocenters. The van der Waals surface area contributed by atoms with Crippen LogP contribution in [0.25, 0.3) is 17.0 Å². The van der Waals surface area contributed by atoms with Crippen LogP contribution >= 0.6 is 0 Å². The Kier molecular flexibility index (Phi) is 5.83. The third-order valence-electron chi connectivity index (χ3n) is 6.57. The number of para-hydroxylation sites is 2. The molecule has 2 aliphatic rings. The maximum atomic E-state index is 14.0. The molecule has 0 aliphatic carbocycles. The van der Waals surface area contributed by atoms with Crippen molar-refractivity contribution in [3.63, 3.8) is 0 Å². The minimum absolute atomic E-state index is 0.0110. The van der Waals surface area contributed by atoms with E-state index in [0.29, 0.717) is 42.6 Å². The molecule has 2 fully saturated rings. The van der Waals surface area contributed by atoms with Crippen molar-refractivity contribution in [2.24, 2.45) is 0 Å². The Morgan fingerprint density at radius 2 is 1.76 bits per heavy atom. The molecule has 2 aromatic heterocycles. The number of morpholine rings is 1. The fourth-order valence-corrected chi connectivity index (χ4v) is 4.61. The first-order valence-corrected chi connectivity index (χ1v) is 11.3. The normalized spacial score (nSPS) is 23.8. The van der Waals surface area contributed by atoms with E-state index in [1.165, 1.54) is 4.57 Å². The second kappa shape index (κ2) is 8.79. The van der Waals surface area contributed by atoms with Crippen LogP contribution in [0, 0.1) is 0 Å². The molecule has 11 heteroatoms. The second-order valence-corrected chi connectivity index (χ2v) is 8.51. The van der Waals surface area contributed by atoms with Crippen molar-refractivity contribution in [1.29, 1.82) is 0 Å². The summed E-state index contributed by atoms with van der Waals surface area (Å²) in [4.78, 5) is 22.1. The van der Waals surface area contributed by atoms with Crippen molar-refractivity contribution in [3.8, 4) is 5.95 Å². The van der Waals surface area contributed by atoms with E-state index in [1.807, 2.05) is 23.6 Å². The Labute approximate surface area is 190 Å². The van der Waals surface area contributed by atoms with Gasteiger partial charge in [-0.05, 0) is 38.8 Å². The van der Waals surface area contributed by atoms with Crippen LogP contribution in [0.1, 0.15) is 38.9 Å². The highest BCUT2D eigenvalue weighted by Gasteiger charge is 2.32. The van der Waals surface area contributed by atoms with Crippen molar-refractivity contribution >= 4 is 22.9 Å². The van der Waals surface area contributed by atoms with E-state index in [2.05, 4.69) is 15.0 Å². The third kappa shape index (κ3) is 3.89. The summed E-state index contributed by atoms with van der Waals surface area (Å²) in [5.41, 5.74) is 0.943. The van der Waals surface area contributed by atoms with Crippen LogP contribution in [-0.4, -0.2) is 74.1 Å². The predicted molar refractivity (Wildman–Crippen MR) is 119 cm³/mol. The summed E-state index contributed by atoms with van der Waals surface area (Å²) in [6.07, 6.45) is -1.14. The lowest BCUT2D eigenvalue weighted by Gasteiger charge is -2.38. The van der Waals surface area contributed by atoms with E-state index in [1.54, 1.807) is 24.3 Å². The lowest BCUT2D eigenvalue weighted by Crippen LogP contribution is -2.49. The van der Waals surface area contributed by atoms with E-state index in [9.17, 15) is 13.9 Å². The third-order valence-corrected chi connectivity index (χ3v) is 6.57. The number of benzene rings is 1. The summed E-state index contributed by atoms with van der Waals surface area (Å²) in [5, 5.41) is 9.85. The summed E-state index contributed by atoms with van der Waals surface area (Å²) in [6, 6.07) is 6.81. The zero-order valence-corrected chi connectivity index (χ0v) is 18.6. The molecule has 0 spiro atoms. The standard InChI is InChI=1S/C22H27F2N7O2/c1-13-14(2)33-11-10-29(13)20-26-21(30-9-5-6-15(30)12-32)28-22(27-20)31-17-8-4-3-7-16(17)25-19(31)18(23)24/h3-4,7-8,13-15,18,32H,5-6,9-12H2,1-2H3/t13-,14-,15?/m0/s1. The summed E-state index contributed by atoms with van der Waals surface area (Å²) in [7, 11) is 0. The largest absolute Gasteiger partial charge is 0.394 e. The molecule has 2 saturated heterocycles. The zero-order valence-electron chi connectivity index (χ0n) is 18.6. The number of rotatable bonds is 5. The Morgan fingerprint density at radius 1 is 1.03 bits per heavy atom. The molecule has 0 radical (unpaired) electrons. The summed E-state index contributed by atoms with van der Waals surface area (Å²) >= 11 is 0. The van der Waals surface area contributed by atoms with Gasteiger partial charge >= 0.3 is 0 Å². The minimum atomic E-state index is -2.81. The molecular formula is C22H27F2N7O2. The van der Waals surface area contributed by atoms with E-state index in [-0.39, 0.29) is 30.7 Å². The molecule has 33 heavy (non-hydrogen) atoms. The number of hydrogen-bond acceptors (Lipinski definition) is 8. The fourth-order valence-electron chi connectivity index (χ4n) is 4.61. The summed E-state index contributed by atoms with van der Waals surface area (Å²) in [6.45, 7) is 5.75. The molecule has 5 rings (SSSR count). The van der Waals surface area contributed by atoms with Gasteiger partial charge in [0.2, 0.25) is 17.8 Å². The maximum absolute atomic E-state index is 14.0. The van der Waals surface area contributed by atoms with Crippen LogP contribution in [0.3, 0.4) is 0 Å². The minimum Gasteiger partial charge on any atom is -0.394 e. The summed E-state index contributed by atoms with van der Waals surface area (Å²) < 4.78 is 35.1. The topological polar surface area (TPSA) is 92.4 Å². The van der Waals surface area contributed by atoms with Gasteiger partial charge in [-0.2, -0.15) is 15.0 Å². The van der Waals surface area contributed by atoms with Gasteiger partial charge in [-0.25, -0.2) is 13.8 Å². The number of halogens is 2. The number of anilines is 2. The van der Waals surface area contributed by atoms with Crippen LogP contribution in [0.5, 0.6) is 0 Å². The van der Waals surface area contributed by atoms with Crippen molar-refractivity contribution in [2.75, 3.05) is 36.1 Å². The van der Waals surface area contributed by atoms with Crippen LogP contribution in [0.4, 0.5) is 20.7 Å². The SMILES string of the molecule is C[C@@H]1OCCN(c2nc(N3CCCC3CO)nc(-n3c(C(F)F)nc4ccccc43)n2)[C@H]1C. The van der Waals surface area contributed by atoms with Crippen LogP contribution in [0.2, 0.25) is 0 Å². The molecule has 176 valence electrons. The van der Waals surface area contributed by atoms with E-state index in [0.717, 1.165) is 12.8 Å². The molecule has 0 amide bonds. The molecule has 1 aromatic carbocycles. The monoisotopic (exact) mass is 459 g/mol. The Hall–Kier alpha value is -2.92. The average molecular weight is 460 g/mol. The van der Waals surface area contributed by atoms with Gasteiger partial charge in [-0.15, -0.1) is 0 Å². The van der Waals surface area contributed by atoms with Gasteiger partial charge in [0.1, 0.15) is 0 Å². The molecule has 1 N–H and O–H groups in total. The van der Waals surface area contributed by atoms with E-state index in [4.69, 9.17) is 9.72 Å². The predicted octanol–water partition coefficient (Wildman–Crippen LogP) is 2.72. The highest BCUT2D eigenvalue weighted by Crippen LogP contribution is 2.30. The molecule has 2 aliphatic heterocycles. The van der Waals surface area contributed by atoms with Crippen LogP contribution in [-0.2, 0) is 4.74 Å². The number of fused-ring (bicyclic) bond motifs is 1. The summed E-state index contributed by atoms with van der Waals surface area (Å²) in [5.74, 6) is 0.451. The molecule has 3 atom stereocenters. The smallest absolute Gasteiger partial charge is 0.296 e. The van der Waals surface area contributed by atoms with Crippen LogP contribution < -0.4 is 9.80 Å². The highest BCUT2D eigenvalue weighted by molar-refractivity contribution is 5.77. The van der Waals surface area contributed by atoms with Gasteiger partial charge in [0, 0.05) is 13.1 Å². The van der Waals surface area contributed by atoms with Gasteiger partial charge in [-0.1, -0.05) is 12.1 Å². The number of aliphatic hydroxyl groups excluding tert-OH is 1. The molecule has 4 heterocycles. The Balaban J connectivity index is 1.70. The quantitative estimate of drug-likeness (QED) is 0.623. The highest BCUT2D eigenvalue weighted by atomic mass is 19.3. The number of aromatic nitrogens is 5. The van der Waals surface area contributed by atoms with Crippen molar-refractivity contribution < 1.29 is 18.6 Å². The first-order valence-electron chi connectivity index (χ1n) is 11.3. The van der Waals surface area contributed by atoms with Gasteiger partial charge in [-0.3, -0.25) is 4.57 Å². The van der Waals surface area contributed by atoms with E-state index >= 15 is 0 Å². The van der Waals surface area contributed by atoms with Gasteiger partial charge in [0.15, 0.2) is 5.82 Å². The van der Waals surface area contributed by atoms with Crippen molar-refractivity contribution in [1.82, 2.24) is 24.5 Å². The van der Waals surface area contributed by atoms with Crippen LogP contribution in [0.15, 0.2) is 24.3 Å². The molecule has 0 saturated carbocycles. The Bertz CT molecular complexity index is 1140. The van der Waals surface area contributed by atoms with Crippen molar-refractivity contribution in [3.05, 3.63) is 30.1 Å². The molecule has 3 aromatic rings. The van der Waals surface area contributed by atoms with Gasteiger partial charge in [0.25, 0.3) is 6.43 Å². The van der Waals surface area contributed by atoms with Gasteiger partial charge in [0.05, 0.1) is 42.4 Å². The number of ether oxygens (including phenoxy) is 1. The Morgan fingerprint density at radius 3 is 2.52 bits per heavy atom. The number of hydrogen-bond donors (Lipinski definition) is 1. The lowest BCUT2D eigenvalue weighted by atomic mass is 10.1. The second-order valence-electron chi connectivity index (χ2n) is 8.51. The number of alkyl halides is 2. The fraction of sp³-hybridized carbons (Fsp3) is 0.545. The van der Waals surface area contributed by atoms with Crippen molar-refractivity contribution in [2.45, 2.75) is 51.3 Å². The molecular weight excluding hydrogens is 432 g/mol. The molecule has 9 nitrogen and oxygen atoms in total. The number of nitrogens with zero attached hydrogens (tertiary/aromatic N) is 7. The first-order chi connectivity index (χ1) is 16.0. The first kappa shape index (κ1) is 21.9. The lowest BCUT2D eigenvalue weighted by molar-refractivity contribution is 0.0277. The molecule has 0 bridgehead atoms. The van der Waals surface area contributed by atoms with E-state index < -0.39 is 12.2 Å². The van der Waals surface area contributed by atoms with Gasteiger partial charge < -0.3 is 19.6 Å². The zero-order chi connectivity index (χ0) is 23.1. The number of imidazole rings is 1. The average Bonchev–Trinajstić information content (AvgIpc) is 3.45. The number of aliphatic hydroxyl groups is 1.